The molecule has 0 saturated carbocycles. The SMILES string of the molecule is CCCN(Cc1nnc(-c2ccccc2Cl)o1)C(=O)c1ccc(-c2nc(C)no2)cc1. The maximum atomic E-state index is 13.1. The Balaban J connectivity index is 1.51. The number of carbonyl (C=O) groups is 1. The summed E-state index contributed by atoms with van der Waals surface area (Å²) in [6, 6.07) is 14.3. The van der Waals surface area contributed by atoms with E-state index in [1.807, 2.05) is 19.1 Å². The van der Waals surface area contributed by atoms with E-state index >= 15 is 0 Å². The number of amides is 1. The summed E-state index contributed by atoms with van der Waals surface area (Å²) in [6.45, 7) is 4.51. The molecule has 0 unspecified atom stereocenters. The Hall–Kier alpha value is -3.52. The summed E-state index contributed by atoms with van der Waals surface area (Å²) in [6.07, 6.45) is 0.788. The molecule has 0 aliphatic carbocycles. The van der Waals surface area contributed by atoms with Crippen molar-refractivity contribution in [1.29, 1.82) is 0 Å². The molecule has 2 aromatic heterocycles. The van der Waals surface area contributed by atoms with Gasteiger partial charge in [-0.05, 0) is 49.7 Å². The van der Waals surface area contributed by atoms with Gasteiger partial charge in [0.15, 0.2) is 5.82 Å². The monoisotopic (exact) mass is 437 g/mol. The zero-order valence-corrected chi connectivity index (χ0v) is 17.8. The van der Waals surface area contributed by atoms with E-state index in [2.05, 4.69) is 20.3 Å². The van der Waals surface area contributed by atoms with Gasteiger partial charge in [-0.2, -0.15) is 4.98 Å². The predicted molar refractivity (Wildman–Crippen MR) is 114 cm³/mol. The van der Waals surface area contributed by atoms with E-state index in [0.29, 0.717) is 46.2 Å². The van der Waals surface area contributed by atoms with Gasteiger partial charge in [0.05, 0.1) is 17.1 Å². The van der Waals surface area contributed by atoms with Crippen LogP contribution in [0, 0.1) is 6.92 Å². The Morgan fingerprint density at radius 3 is 2.52 bits per heavy atom. The molecule has 0 atom stereocenters. The summed E-state index contributed by atoms with van der Waals surface area (Å²) in [4.78, 5) is 19.0. The van der Waals surface area contributed by atoms with Crippen molar-refractivity contribution >= 4 is 17.5 Å². The minimum atomic E-state index is -0.132. The molecule has 158 valence electrons. The molecule has 8 nitrogen and oxygen atoms in total. The number of halogens is 1. The second-order valence-electron chi connectivity index (χ2n) is 6.93. The van der Waals surface area contributed by atoms with Crippen LogP contribution in [0.1, 0.15) is 35.4 Å². The van der Waals surface area contributed by atoms with E-state index in [-0.39, 0.29) is 12.5 Å². The maximum Gasteiger partial charge on any atom is 0.257 e. The first-order valence-electron chi connectivity index (χ1n) is 9.82. The largest absolute Gasteiger partial charge is 0.419 e. The lowest BCUT2D eigenvalue weighted by Crippen LogP contribution is -2.31. The highest BCUT2D eigenvalue weighted by molar-refractivity contribution is 6.33. The van der Waals surface area contributed by atoms with Crippen LogP contribution in [0.3, 0.4) is 0 Å². The van der Waals surface area contributed by atoms with Crippen molar-refractivity contribution in [2.45, 2.75) is 26.8 Å². The van der Waals surface area contributed by atoms with E-state index in [1.54, 1.807) is 48.2 Å². The Morgan fingerprint density at radius 2 is 1.84 bits per heavy atom. The van der Waals surface area contributed by atoms with Crippen LogP contribution in [0.2, 0.25) is 5.02 Å². The third-order valence-corrected chi connectivity index (χ3v) is 4.91. The van der Waals surface area contributed by atoms with Crippen molar-refractivity contribution in [2.24, 2.45) is 0 Å². The fourth-order valence-corrected chi connectivity index (χ4v) is 3.32. The lowest BCUT2D eigenvalue weighted by atomic mass is 10.1. The molecule has 0 spiro atoms. The van der Waals surface area contributed by atoms with Crippen molar-refractivity contribution in [1.82, 2.24) is 25.2 Å². The smallest absolute Gasteiger partial charge is 0.257 e. The lowest BCUT2D eigenvalue weighted by molar-refractivity contribution is 0.0728. The van der Waals surface area contributed by atoms with Gasteiger partial charge in [-0.15, -0.1) is 10.2 Å². The van der Waals surface area contributed by atoms with Crippen molar-refractivity contribution < 1.29 is 13.7 Å². The van der Waals surface area contributed by atoms with Crippen molar-refractivity contribution in [3.63, 3.8) is 0 Å². The van der Waals surface area contributed by atoms with Crippen LogP contribution in [0.15, 0.2) is 57.5 Å². The number of aryl methyl sites for hydroxylation is 1. The van der Waals surface area contributed by atoms with Gasteiger partial charge in [-0.1, -0.05) is 35.8 Å². The van der Waals surface area contributed by atoms with Crippen LogP contribution in [0.25, 0.3) is 22.9 Å². The molecule has 31 heavy (non-hydrogen) atoms. The molecular weight excluding hydrogens is 418 g/mol. The number of hydrogen-bond acceptors (Lipinski definition) is 7. The van der Waals surface area contributed by atoms with E-state index in [1.165, 1.54) is 0 Å². The fraction of sp³-hybridized carbons (Fsp3) is 0.227. The van der Waals surface area contributed by atoms with Gasteiger partial charge in [0, 0.05) is 17.7 Å². The Morgan fingerprint density at radius 1 is 1.06 bits per heavy atom. The molecule has 0 fully saturated rings. The van der Waals surface area contributed by atoms with Gasteiger partial charge in [0.25, 0.3) is 11.8 Å². The third kappa shape index (κ3) is 4.64. The summed E-state index contributed by atoms with van der Waals surface area (Å²) in [5, 5.41) is 12.5. The van der Waals surface area contributed by atoms with Crippen LogP contribution >= 0.6 is 11.6 Å². The van der Waals surface area contributed by atoms with E-state index in [0.717, 1.165) is 12.0 Å². The molecule has 1 amide bonds. The van der Waals surface area contributed by atoms with E-state index in [4.69, 9.17) is 20.5 Å². The second-order valence-corrected chi connectivity index (χ2v) is 7.34. The summed E-state index contributed by atoms with van der Waals surface area (Å²) in [5.41, 5.74) is 1.95. The summed E-state index contributed by atoms with van der Waals surface area (Å²) in [5.74, 6) is 1.51. The van der Waals surface area contributed by atoms with Gasteiger partial charge in [0.1, 0.15) is 0 Å². The fourth-order valence-electron chi connectivity index (χ4n) is 3.10. The maximum absolute atomic E-state index is 13.1. The van der Waals surface area contributed by atoms with Crippen LogP contribution in [-0.4, -0.2) is 37.7 Å². The highest BCUT2D eigenvalue weighted by Crippen LogP contribution is 2.26. The lowest BCUT2D eigenvalue weighted by Gasteiger charge is -2.20. The van der Waals surface area contributed by atoms with Crippen molar-refractivity contribution in [2.75, 3.05) is 6.54 Å². The first kappa shape index (κ1) is 20.7. The van der Waals surface area contributed by atoms with Gasteiger partial charge < -0.3 is 13.8 Å². The zero-order chi connectivity index (χ0) is 21.8. The molecule has 0 saturated heterocycles. The Bertz CT molecular complexity index is 1190. The number of carbonyl (C=O) groups excluding carboxylic acids is 1. The Labute approximate surface area is 183 Å². The number of aromatic nitrogens is 4. The minimum absolute atomic E-state index is 0.132. The van der Waals surface area contributed by atoms with Gasteiger partial charge in [-0.25, -0.2) is 0 Å². The van der Waals surface area contributed by atoms with Crippen LogP contribution in [0.5, 0.6) is 0 Å². The third-order valence-electron chi connectivity index (χ3n) is 4.58. The average Bonchev–Trinajstić information content (AvgIpc) is 3.42. The summed E-state index contributed by atoms with van der Waals surface area (Å²) in [7, 11) is 0. The number of benzene rings is 2. The van der Waals surface area contributed by atoms with E-state index < -0.39 is 0 Å². The molecule has 0 N–H and O–H groups in total. The molecule has 0 radical (unpaired) electrons. The molecule has 9 heteroatoms. The number of hydrogen-bond donors (Lipinski definition) is 0. The highest BCUT2D eigenvalue weighted by atomic mass is 35.5. The minimum Gasteiger partial charge on any atom is -0.419 e. The molecule has 2 heterocycles. The molecule has 4 rings (SSSR count). The molecule has 2 aromatic carbocycles. The predicted octanol–water partition coefficient (Wildman–Crippen LogP) is 4.80. The molecular formula is C22H20ClN5O3. The van der Waals surface area contributed by atoms with Gasteiger partial charge in [-0.3, -0.25) is 4.79 Å². The van der Waals surface area contributed by atoms with E-state index in [9.17, 15) is 4.79 Å². The van der Waals surface area contributed by atoms with Gasteiger partial charge in [0.2, 0.25) is 11.8 Å². The van der Waals surface area contributed by atoms with Crippen LogP contribution in [0.4, 0.5) is 0 Å². The van der Waals surface area contributed by atoms with Crippen LogP contribution < -0.4 is 0 Å². The summed E-state index contributed by atoms with van der Waals surface area (Å²) < 4.78 is 10.9. The molecule has 0 aliphatic heterocycles. The van der Waals surface area contributed by atoms with Crippen molar-refractivity contribution in [3.8, 4) is 22.9 Å². The first-order chi connectivity index (χ1) is 15.0. The number of nitrogens with zero attached hydrogens (tertiary/aromatic N) is 5. The average molecular weight is 438 g/mol. The Kier molecular flexibility index (Phi) is 6.08. The quantitative estimate of drug-likeness (QED) is 0.409. The number of rotatable bonds is 7. The normalized spacial score (nSPS) is 10.9. The summed E-state index contributed by atoms with van der Waals surface area (Å²) >= 11 is 6.20. The van der Waals surface area contributed by atoms with Gasteiger partial charge >= 0.3 is 0 Å². The standard InChI is InChI=1S/C22H20ClN5O3/c1-3-12-28(13-19-25-26-21(30-19)17-6-4-5-7-18(17)23)22(29)16-10-8-15(9-11-16)20-24-14(2)27-31-20/h4-11H,3,12-13H2,1-2H3. The van der Waals surface area contributed by atoms with Crippen LogP contribution in [-0.2, 0) is 6.54 Å². The second kappa shape index (κ2) is 9.09. The topological polar surface area (TPSA) is 98.2 Å². The van der Waals surface area contributed by atoms with Crippen molar-refractivity contribution in [3.05, 3.63) is 70.8 Å². The molecule has 0 aliphatic rings. The first-order valence-corrected chi connectivity index (χ1v) is 10.2. The zero-order valence-electron chi connectivity index (χ0n) is 17.1. The molecule has 0 bridgehead atoms. The highest BCUT2D eigenvalue weighted by Gasteiger charge is 2.20. The molecule has 4 aromatic rings.